The number of allylic oxidation sites excluding steroid dienone is 7. The standard InChI is InChI=1S/C17H26Cl2OSi2.Zr/c1-6-7-12-8-9-13(18)16(12)21-17-14(19)10-11(2)15(17)20-22(3,4)5;/h8H,6-7,9-10,21H2,1-5H3;. The van der Waals surface area contributed by atoms with Gasteiger partial charge in [0.1, 0.15) is 5.76 Å². The zero-order valence-electron chi connectivity index (χ0n) is 14.8. The van der Waals surface area contributed by atoms with E-state index in [0.29, 0.717) is 0 Å². The third kappa shape index (κ3) is 5.57. The maximum Gasteiger partial charge on any atom is 0.242 e. The second kappa shape index (κ2) is 8.85. The van der Waals surface area contributed by atoms with Crippen molar-refractivity contribution in [1.29, 1.82) is 0 Å². The van der Waals surface area contributed by atoms with Gasteiger partial charge in [0.15, 0.2) is 0 Å². The molecular weight excluding hydrogens is 438 g/mol. The Hall–Kier alpha value is 0.657. The van der Waals surface area contributed by atoms with Gasteiger partial charge in [-0.3, -0.25) is 0 Å². The van der Waals surface area contributed by atoms with Crippen LogP contribution in [0, 0.1) is 0 Å². The summed E-state index contributed by atoms with van der Waals surface area (Å²) in [5.74, 6) is 1.09. The minimum Gasteiger partial charge on any atom is -0.544 e. The van der Waals surface area contributed by atoms with Crippen LogP contribution >= 0.6 is 23.2 Å². The molecule has 0 atom stereocenters. The summed E-state index contributed by atoms with van der Waals surface area (Å²) < 4.78 is 6.36. The maximum absolute atomic E-state index is 6.57. The van der Waals surface area contributed by atoms with Crippen molar-refractivity contribution >= 4 is 41.0 Å². The van der Waals surface area contributed by atoms with E-state index in [1.165, 1.54) is 21.5 Å². The van der Waals surface area contributed by atoms with Crippen LogP contribution in [0.15, 0.2) is 43.4 Å². The van der Waals surface area contributed by atoms with E-state index in [9.17, 15) is 0 Å². The number of rotatable bonds is 6. The van der Waals surface area contributed by atoms with E-state index < -0.39 is 17.8 Å². The first kappa shape index (κ1) is 21.7. The first-order chi connectivity index (χ1) is 10.2. The van der Waals surface area contributed by atoms with Gasteiger partial charge in [-0.15, -0.1) is 0 Å². The van der Waals surface area contributed by atoms with Gasteiger partial charge in [-0.1, -0.05) is 48.2 Å². The molecule has 0 saturated heterocycles. The first-order valence-electron chi connectivity index (χ1n) is 8.06. The second-order valence-electron chi connectivity index (χ2n) is 7.13. The molecule has 0 heterocycles. The fourth-order valence-corrected chi connectivity index (χ4v) is 7.00. The van der Waals surface area contributed by atoms with Crippen molar-refractivity contribution in [3.8, 4) is 0 Å². The van der Waals surface area contributed by atoms with Crippen molar-refractivity contribution in [2.24, 2.45) is 0 Å². The molecule has 0 aliphatic heterocycles. The van der Waals surface area contributed by atoms with Gasteiger partial charge in [-0.25, -0.2) is 0 Å². The van der Waals surface area contributed by atoms with Crippen LogP contribution in [0.25, 0.3) is 0 Å². The van der Waals surface area contributed by atoms with Crippen molar-refractivity contribution in [3.05, 3.63) is 43.4 Å². The van der Waals surface area contributed by atoms with Crippen molar-refractivity contribution < 1.29 is 30.6 Å². The topological polar surface area (TPSA) is 9.23 Å². The molecule has 0 N–H and O–H groups in total. The summed E-state index contributed by atoms with van der Waals surface area (Å²) >= 11 is 13.1. The normalized spacial score (nSPS) is 19.2. The second-order valence-corrected chi connectivity index (χ2v) is 14.2. The molecule has 0 spiro atoms. The monoisotopic (exact) mass is 462 g/mol. The average molecular weight is 465 g/mol. The Morgan fingerprint density at radius 1 is 1.17 bits per heavy atom. The van der Waals surface area contributed by atoms with E-state index >= 15 is 0 Å². The molecule has 0 fully saturated rings. The third-order valence-corrected chi connectivity index (χ3v) is 8.28. The molecule has 0 aromatic rings. The Bertz CT molecular complexity index is 598. The van der Waals surface area contributed by atoms with Gasteiger partial charge >= 0.3 is 0 Å². The van der Waals surface area contributed by atoms with E-state index in [0.717, 1.165) is 41.5 Å². The molecule has 2 rings (SSSR count). The first-order valence-corrected chi connectivity index (χ1v) is 13.6. The van der Waals surface area contributed by atoms with Crippen LogP contribution in [0.2, 0.25) is 19.6 Å². The molecule has 0 bridgehead atoms. The Morgan fingerprint density at radius 2 is 1.83 bits per heavy atom. The minimum absolute atomic E-state index is 0. The van der Waals surface area contributed by atoms with Gasteiger partial charge in [-0.2, -0.15) is 0 Å². The molecule has 126 valence electrons. The third-order valence-electron chi connectivity index (χ3n) is 3.93. The molecule has 6 heteroatoms. The maximum atomic E-state index is 6.57. The quantitative estimate of drug-likeness (QED) is 0.457. The Labute approximate surface area is 173 Å². The summed E-state index contributed by atoms with van der Waals surface area (Å²) in [6, 6.07) is 0. The summed E-state index contributed by atoms with van der Waals surface area (Å²) in [5, 5.41) is 4.71. The zero-order chi connectivity index (χ0) is 16.5. The predicted molar refractivity (Wildman–Crippen MR) is 104 cm³/mol. The van der Waals surface area contributed by atoms with Gasteiger partial charge in [0, 0.05) is 49.1 Å². The molecule has 2 aliphatic rings. The smallest absolute Gasteiger partial charge is 0.242 e. The summed E-state index contributed by atoms with van der Waals surface area (Å²) in [7, 11) is -2.31. The summed E-state index contributed by atoms with van der Waals surface area (Å²) in [6.07, 6.45) is 6.33. The minimum atomic E-state index is -1.63. The molecule has 23 heavy (non-hydrogen) atoms. The van der Waals surface area contributed by atoms with E-state index in [2.05, 4.69) is 39.6 Å². The average Bonchev–Trinajstić information content (AvgIpc) is 2.85. The van der Waals surface area contributed by atoms with Crippen LogP contribution in [0.4, 0.5) is 0 Å². The Balaban J connectivity index is 0.00000264. The van der Waals surface area contributed by atoms with Crippen molar-refractivity contribution in [2.45, 2.75) is 59.2 Å². The molecule has 2 aliphatic carbocycles. The molecule has 1 nitrogen and oxygen atoms in total. The van der Waals surface area contributed by atoms with Crippen LogP contribution in [0.3, 0.4) is 0 Å². The van der Waals surface area contributed by atoms with Crippen LogP contribution < -0.4 is 0 Å². The summed E-state index contributed by atoms with van der Waals surface area (Å²) in [6.45, 7) is 11.0. The van der Waals surface area contributed by atoms with Crippen molar-refractivity contribution in [3.63, 3.8) is 0 Å². The summed E-state index contributed by atoms with van der Waals surface area (Å²) in [5.41, 5.74) is 2.73. The van der Waals surface area contributed by atoms with Crippen LogP contribution in [-0.4, -0.2) is 17.8 Å². The summed E-state index contributed by atoms with van der Waals surface area (Å²) in [4.78, 5) is 0. The molecule has 0 aromatic carbocycles. The molecule has 0 saturated carbocycles. The SMILES string of the molecule is CCCC1=CCC(Cl)=C1[SiH2]C1=C(Cl)CC(C)=C1O[Si](C)(C)C.[Zr]. The predicted octanol–water partition coefficient (Wildman–Crippen LogP) is 5.71. The number of halogens is 2. The van der Waals surface area contributed by atoms with Gasteiger partial charge in [-0.05, 0) is 49.0 Å². The van der Waals surface area contributed by atoms with Crippen LogP contribution in [0.5, 0.6) is 0 Å². The van der Waals surface area contributed by atoms with Crippen molar-refractivity contribution in [2.75, 3.05) is 0 Å². The van der Waals surface area contributed by atoms with Gasteiger partial charge in [0.05, 0.1) is 9.52 Å². The van der Waals surface area contributed by atoms with Crippen LogP contribution in [0.1, 0.15) is 39.5 Å². The van der Waals surface area contributed by atoms with Gasteiger partial charge in [0.25, 0.3) is 0 Å². The van der Waals surface area contributed by atoms with E-state index in [1.54, 1.807) is 0 Å². The van der Waals surface area contributed by atoms with Gasteiger partial charge in [0.2, 0.25) is 8.32 Å². The number of hydrogen-bond acceptors (Lipinski definition) is 1. The number of hydrogen-bond donors (Lipinski definition) is 0. The van der Waals surface area contributed by atoms with Crippen molar-refractivity contribution in [1.82, 2.24) is 0 Å². The van der Waals surface area contributed by atoms with Gasteiger partial charge < -0.3 is 4.43 Å². The molecule has 0 amide bonds. The van der Waals surface area contributed by atoms with Crippen LogP contribution in [-0.2, 0) is 30.6 Å². The molecule has 0 radical (unpaired) electrons. The zero-order valence-corrected chi connectivity index (χ0v) is 21.2. The molecule has 0 aromatic heterocycles. The van der Waals surface area contributed by atoms with E-state index in [1.807, 2.05) is 0 Å². The van der Waals surface area contributed by atoms with E-state index in [4.69, 9.17) is 27.6 Å². The molecule has 0 unspecified atom stereocenters. The van der Waals surface area contributed by atoms with E-state index in [-0.39, 0.29) is 26.2 Å². The fraction of sp³-hybridized carbons (Fsp3) is 0.529. The fourth-order valence-electron chi connectivity index (χ4n) is 2.97. The largest absolute Gasteiger partial charge is 0.544 e. The molecular formula is C17H26Cl2OSi2Zr. The Kier molecular flexibility index (Phi) is 8.35. The Morgan fingerprint density at radius 3 is 2.39 bits per heavy atom.